The summed E-state index contributed by atoms with van der Waals surface area (Å²) in [6.07, 6.45) is -3.34. The number of nitrogens with two attached hydrogens (primary N) is 1. The van der Waals surface area contributed by atoms with Gasteiger partial charge in [-0.05, 0) is 43.0 Å². The third kappa shape index (κ3) is 10.4. The van der Waals surface area contributed by atoms with Crippen LogP contribution in [0.1, 0.15) is 37.0 Å². The number of halogens is 1. The van der Waals surface area contributed by atoms with Crippen molar-refractivity contribution in [1.82, 2.24) is 20.9 Å². The molecule has 1 saturated heterocycles. The average Bonchev–Trinajstić information content (AvgIpc) is 3.40. The summed E-state index contributed by atoms with van der Waals surface area (Å²) in [5, 5.41) is 19.9. The van der Waals surface area contributed by atoms with E-state index in [0.29, 0.717) is 21.7 Å². The molecule has 1 aliphatic rings. The molecule has 0 saturated carbocycles. The Bertz CT molecular complexity index is 1630. The second-order valence-corrected chi connectivity index (χ2v) is 14.1. The number of hydrogen-bond donors (Lipinski definition) is 5. The molecule has 3 aromatic rings. The lowest BCUT2D eigenvalue weighted by Crippen LogP contribution is -2.60. The normalized spacial score (nSPS) is 16.9. The van der Waals surface area contributed by atoms with Crippen LogP contribution in [0.3, 0.4) is 0 Å². The molecule has 6 N–H and O–H groups in total. The predicted octanol–water partition coefficient (Wildman–Crippen LogP) is 2.90. The minimum atomic E-state index is -1.81. The third-order valence-electron chi connectivity index (χ3n) is 7.98. The summed E-state index contributed by atoms with van der Waals surface area (Å²) in [5.41, 5.74) is 7.48. The molecular weight excluding hydrogens is 670 g/mol. The topological polar surface area (TPSA) is 180 Å². The largest absolute Gasteiger partial charge is 0.445 e. The zero-order valence-electron chi connectivity index (χ0n) is 27.1. The molecule has 0 aromatic heterocycles. The smallest absolute Gasteiger partial charge is 0.408 e. The first-order valence-corrected chi connectivity index (χ1v) is 17.0. The van der Waals surface area contributed by atoms with Gasteiger partial charge in [0.2, 0.25) is 17.7 Å². The van der Waals surface area contributed by atoms with Crippen LogP contribution in [0.4, 0.5) is 4.79 Å². The van der Waals surface area contributed by atoms with Gasteiger partial charge in [-0.25, -0.2) is 4.79 Å². The lowest BCUT2D eigenvalue weighted by atomic mass is 9.96. The van der Waals surface area contributed by atoms with Gasteiger partial charge in [0, 0.05) is 16.3 Å². The highest BCUT2D eigenvalue weighted by Gasteiger charge is 2.50. The number of aliphatic hydroxyl groups excluding tert-OH is 1. The summed E-state index contributed by atoms with van der Waals surface area (Å²) in [6.45, 7) is 3.71. The van der Waals surface area contributed by atoms with Crippen LogP contribution in [0, 0.1) is 0 Å². The molecule has 1 fully saturated rings. The van der Waals surface area contributed by atoms with Crippen molar-refractivity contribution in [3.8, 4) is 0 Å². The second-order valence-electron chi connectivity index (χ2n) is 12.1. The molecule has 0 bridgehead atoms. The number of nitrogens with zero attached hydrogens (tertiary/aromatic N) is 1. The van der Waals surface area contributed by atoms with Crippen molar-refractivity contribution < 1.29 is 33.8 Å². The molecule has 49 heavy (non-hydrogen) atoms. The summed E-state index contributed by atoms with van der Waals surface area (Å²) < 4.78 is 4.50. The van der Waals surface area contributed by atoms with Gasteiger partial charge >= 0.3 is 6.09 Å². The number of benzene rings is 3. The molecule has 14 heteroatoms. The van der Waals surface area contributed by atoms with Gasteiger partial charge in [0.25, 0.3) is 5.91 Å². The van der Waals surface area contributed by atoms with Gasteiger partial charge in [-0.15, -0.1) is 11.8 Å². The maximum absolute atomic E-state index is 14.0. The fourth-order valence-electron chi connectivity index (χ4n) is 5.39. The van der Waals surface area contributed by atoms with E-state index in [9.17, 15) is 29.1 Å². The summed E-state index contributed by atoms with van der Waals surface area (Å²) in [6, 6.07) is 21.1. The van der Waals surface area contributed by atoms with Crippen LogP contribution in [0.2, 0.25) is 5.02 Å². The number of alkyl carbamates (subject to hydrolysis) is 1. The summed E-state index contributed by atoms with van der Waals surface area (Å²) in [4.78, 5) is 66.9. The number of aliphatic hydroxyl groups is 1. The molecule has 1 aliphatic heterocycles. The van der Waals surface area contributed by atoms with E-state index in [1.807, 2.05) is 19.9 Å². The van der Waals surface area contributed by atoms with E-state index >= 15 is 0 Å². The maximum Gasteiger partial charge on any atom is 0.408 e. The van der Waals surface area contributed by atoms with Gasteiger partial charge in [0.1, 0.15) is 18.7 Å². The van der Waals surface area contributed by atoms with Crippen LogP contribution in [0.25, 0.3) is 0 Å². The standard InChI is InChI=1S/C35H40ClN5O7S/c1-35(2)30(32(45)38-19-24-15-9-10-16-25(24)36)41(21-49-35)33(46)29(43)26(17-22-11-5-3-6-12-22)39-31(44)27(18-28(37)42)40-34(47)48-20-23-13-7-4-8-14-23/h3-16,26-27,29-30,43H,17-21H2,1-2H3,(H2,37,42)(H,38,45)(H,39,44)(H,40,47)/t26-,27-,29-,30+/m0/s1. The molecule has 0 aliphatic carbocycles. The van der Waals surface area contributed by atoms with E-state index in [2.05, 4.69) is 16.0 Å². The first-order valence-electron chi connectivity index (χ1n) is 15.6. The van der Waals surface area contributed by atoms with Crippen molar-refractivity contribution in [1.29, 1.82) is 0 Å². The van der Waals surface area contributed by atoms with E-state index in [-0.39, 0.29) is 25.4 Å². The molecule has 0 unspecified atom stereocenters. The molecule has 0 spiro atoms. The molecule has 260 valence electrons. The van der Waals surface area contributed by atoms with Crippen LogP contribution in [-0.2, 0) is 43.5 Å². The Labute approximate surface area is 294 Å². The fraction of sp³-hybridized carbons (Fsp3) is 0.343. The molecular formula is C35H40ClN5O7S. The van der Waals surface area contributed by atoms with E-state index < -0.39 is 65.1 Å². The molecule has 1 heterocycles. The molecule has 0 radical (unpaired) electrons. The molecule has 4 atom stereocenters. The molecule has 4 rings (SSSR count). The van der Waals surface area contributed by atoms with Gasteiger partial charge in [-0.1, -0.05) is 90.5 Å². The van der Waals surface area contributed by atoms with Gasteiger partial charge in [-0.3, -0.25) is 19.2 Å². The Morgan fingerprint density at radius 1 is 0.959 bits per heavy atom. The molecule has 5 amide bonds. The third-order valence-corrected chi connectivity index (χ3v) is 9.72. The van der Waals surface area contributed by atoms with Crippen molar-refractivity contribution in [3.63, 3.8) is 0 Å². The van der Waals surface area contributed by atoms with Crippen molar-refractivity contribution in [2.45, 2.75) is 68.8 Å². The van der Waals surface area contributed by atoms with Gasteiger partial charge in [-0.2, -0.15) is 0 Å². The fourth-order valence-corrected chi connectivity index (χ4v) is 6.73. The number of hydrogen-bond acceptors (Lipinski definition) is 8. The number of rotatable bonds is 14. The van der Waals surface area contributed by atoms with Crippen LogP contribution >= 0.6 is 23.4 Å². The first kappa shape index (κ1) is 37.2. The van der Waals surface area contributed by atoms with Crippen molar-refractivity contribution in [2.24, 2.45) is 5.73 Å². The Morgan fingerprint density at radius 2 is 1.57 bits per heavy atom. The minimum absolute atomic E-state index is 0.00891. The minimum Gasteiger partial charge on any atom is -0.445 e. The SMILES string of the molecule is CC1(C)SCN(C(=O)[C@@H](O)[C@H](Cc2ccccc2)NC(=O)[C@H](CC(N)=O)NC(=O)OCc2ccccc2)[C@@H]1C(=O)NCc1ccccc1Cl. The van der Waals surface area contributed by atoms with Crippen LogP contribution in [-0.4, -0.2) is 74.6 Å². The number of thioether (sulfide) groups is 1. The Balaban J connectivity index is 1.51. The van der Waals surface area contributed by atoms with Crippen LogP contribution in [0.15, 0.2) is 84.9 Å². The zero-order valence-corrected chi connectivity index (χ0v) is 28.7. The van der Waals surface area contributed by atoms with Crippen LogP contribution in [0.5, 0.6) is 0 Å². The number of amides is 5. The monoisotopic (exact) mass is 709 g/mol. The highest BCUT2D eigenvalue weighted by Crippen LogP contribution is 2.40. The molecule has 12 nitrogen and oxygen atoms in total. The highest BCUT2D eigenvalue weighted by atomic mass is 35.5. The van der Waals surface area contributed by atoms with Gasteiger partial charge in [0.15, 0.2) is 6.10 Å². The summed E-state index contributed by atoms with van der Waals surface area (Å²) >= 11 is 7.64. The number of nitrogens with one attached hydrogen (secondary N) is 3. The lowest BCUT2D eigenvalue weighted by Gasteiger charge is -2.33. The summed E-state index contributed by atoms with van der Waals surface area (Å²) in [5.74, 6) is -2.84. The Morgan fingerprint density at radius 3 is 2.20 bits per heavy atom. The Kier molecular flexibility index (Phi) is 13.1. The number of carbonyl (C=O) groups is 5. The van der Waals surface area contributed by atoms with Crippen LogP contribution < -0.4 is 21.7 Å². The predicted molar refractivity (Wildman–Crippen MR) is 186 cm³/mol. The van der Waals surface area contributed by atoms with E-state index in [0.717, 1.165) is 0 Å². The zero-order chi connectivity index (χ0) is 35.6. The molecule has 3 aromatic carbocycles. The van der Waals surface area contributed by atoms with Crippen molar-refractivity contribution in [2.75, 3.05) is 5.88 Å². The second kappa shape index (κ2) is 17.2. The van der Waals surface area contributed by atoms with Crippen molar-refractivity contribution >= 4 is 53.1 Å². The van der Waals surface area contributed by atoms with E-state index in [1.165, 1.54) is 16.7 Å². The number of carbonyl (C=O) groups excluding carboxylic acids is 5. The van der Waals surface area contributed by atoms with E-state index in [4.69, 9.17) is 22.1 Å². The van der Waals surface area contributed by atoms with E-state index in [1.54, 1.807) is 78.9 Å². The highest BCUT2D eigenvalue weighted by molar-refractivity contribution is 8.00. The number of primary amides is 1. The average molecular weight is 710 g/mol. The van der Waals surface area contributed by atoms with Gasteiger partial charge in [0.05, 0.1) is 18.3 Å². The van der Waals surface area contributed by atoms with Crippen molar-refractivity contribution in [3.05, 3.63) is 107 Å². The maximum atomic E-state index is 14.0. The van der Waals surface area contributed by atoms with Gasteiger partial charge < -0.3 is 36.4 Å². The summed E-state index contributed by atoms with van der Waals surface area (Å²) in [7, 11) is 0. The Hall–Kier alpha value is -4.59. The lowest BCUT2D eigenvalue weighted by molar-refractivity contribution is -0.148. The first-order chi connectivity index (χ1) is 23.4. The quantitative estimate of drug-likeness (QED) is 0.170. The number of ether oxygens (including phenoxy) is 1.